The molecule has 4 aliphatic heterocycles. The van der Waals surface area contributed by atoms with Crippen molar-refractivity contribution >= 4 is 34.2 Å². The van der Waals surface area contributed by atoms with Gasteiger partial charge in [-0.3, -0.25) is 29.4 Å². The van der Waals surface area contributed by atoms with Crippen molar-refractivity contribution in [1.82, 2.24) is 29.6 Å². The van der Waals surface area contributed by atoms with E-state index in [1.807, 2.05) is 30.5 Å². The molecule has 14 nitrogen and oxygen atoms in total. The number of methoxy groups -OCH3 is 3. The van der Waals surface area contributed by atoms with Crippen LogP contribution >= 0.6 is 0 Å². The number of aryl methyl sites for hydroxylation is 1. The lowest BCUT2D eigenvalue weighted by atomic mass is 9.92. The quantitative estimate of drug-likeness (QED) is 0.223. The van der Waals surface area contributed by atoms with Gasteiger partial charge >= 0.3 is 0 Å². The Morgan fingerprint density at radius 3 is 2.21 bits per heavy atom. The number of fused-ring (bicyclic) bond motifs is 2. The second kappa shape index (κ2) is 16.2. The van der Waals surface area contributed by atoms with Gasteiger partial charge in [0.1, 0.15) is 17.5 Å². The van der Waals surface area contributed by atoms with E-state index in [1.165, 1.54) is 6.42 Å². The summed E-state index contributed by atoms with van der Waals surface area (Å²) >= 11 is 0. The van der Waals surface area contributed by atoms with Gasteiger partial charge in [-0.1, -0.05) is 0 Å². The van der Waals surface area contributed by atoms with Crippen LogP contribution in [0.4, 0.5) is 5.69 Å². The number of anilines is 1. The number of hydrogen-bond acceptors (Lipinski definition) is 11. The Hall–Kier alpha value is -5.47. The first kappa shape index (κ1) is 38.4. The van der Waals surface area contributed by atoms with Gasteiger partial charge in [-0.15, -0.1) is 0 Å². The molecule has 1 atom stereocenters. The SMILES string of the molecule is COc1cc2c(-c3cc(OC)c(CN4CCN(CCC5CCN(c6ccc7c(c6)CN(C6CCC(=O)NC6=O)C7=O)CC5)CC4)c(OC)c3)cn(C)c(=O)c2cn1. The average Bonchev–Trinajstić information content (AvgIpc) is 3.56. The molecule has 0 bridgehead atoms. The molecular weight excluding hydrogens is 727 g/mol. The maximum absolute atomic E-state index is 13.1. The van der Waals surface area contributed by atoms with E-state index in [4.69, 9.17) is 14.2 Å². The van der Waals surface area contributed by atoms with Crippen LogP contribution in [0.1, 0.15) is 53.6 Å². The van der Waals surface area contributed by atoms with Crippen molar-refractivity contribution in [3.05, 3.63) is 75.8 Å². The third-order valence-electron chi connectivity index (χ3n) is 12.4. The summed E-state index contributed by atoms with van der Waals surface area (Å²) in [6.45, 7) is 8.07. The summed E-state index contributed by atoms with van der Waals surface area (Å²) in [5.41, 5.74) is 5.34. The summed E-state index contributed by atoms with van der Waals surface area (Å²) in [6, 6.07) is 11.3. The van der Waals surface area contributed by atoms with Gasteiger partial charge in [-0.25, -0.2) is 4.98 Å². The maximum Gasteiger partial charge on any atom is 0.259 e. The number of benzene rings is 2. The largest absolute Gasteiger partial charge is 0.496 e. The Balaban J connectivity index is 0.837. The predicted molar refractivity (Wildman–Crippen MR) is 216 cm³/mol. The summed E-state index contributed by atoms with van der Waals surface area (Å²) in [7, 11) is 6.67. The molecule has 14 heteroatoms. The van der Waals surface area contributed by atoms with Crippen LogP contribution in [0.2, 0.25) is 0 Å². The fraction of sp³-hybridized carbons (Fsp3) is 0.465. The minimum Gasteiger partial charge on any atom is -0.496 e. The zero-order valence-electron chi connectivity index (χ0n) is 33.2. The van der Waals surface area contributed by atoms with Crippen molar-refractivity contribution < 1.29 is 28.6 Å². The van der Waals surface area contributed by atoms with E-state index in [2.05, 4.69) is 31.1 Å². The Morgan fingerprint density at radius 1 is 0.807 bits per heavy atom. The molecule has 2 aromatic carbocycles. The molecule has 1 N–H and O–H groups in total. The Bertz CT molecular complexity index is 2230. The normalized spacial score (nSPS) is 19.6. The molecule has 8 rings (SSSR count). The molecule has 2 aromatic heterocycles. The first-order valence-electron chi connectivity index (χ1n) is 19.9. The van der Waals surface area contributed by atoms with Crippen LogP contribution in [-0.4, -0.2) is 115 Å². The van der Waals surface area contributed by atoms with Crippen LogP contribution in [0, 0.1) is 5.92 Å². The van der Waals surface area contributed by atoms with Crippen molar-refractivity contribution in [1.29, 1.82) is 0 Å². The maximum atomic E-state index is 13.1. The van der Waals surface area contributed by atoms with E-state index in [0.717, 1.165) is 103 Å². The molecule has 57 heavy (non-hydrogen) atoms. The lowest BCUT2D eigenvalue weighted by Crippen LogP contribution is -2.52. The number of carbonyl (C=O) groups is 3. The highest BCUT2D eigenvalue weighted by Gasteiger charge is 2.39. The minimum atomic E-state index is -0.596. The highest BCUT2D eigenvalue weighted by molar-refractivity contribution is 6.05. The molecule has 0 aliphatic carbocycles. The van der Waals surface area contributed by atoms with Crippen molar-refractivity contribution in [2.24, 2.45) is 13.0 Å². The van der Waals surface area contributed by atoms with E-state index in [-0.39, 0.29) is 29.7 Å². The summed E-state index contributed by atoms with van der Waals surface area (Å²) in [5, 5.41) is 3.65. The number of carbonyl (C=O) groups excluding carboxylic acids is 3. The predicted octanol–water partition coefficient (Wildman–Crippen LogP) is 3.81. The number of aromatic nitrogens is 2. The molecule has 3 amide bonds. The molecule has 6 heterocycles. The highest BCUT2D eigenvalue weighted by atomic mass is 16.5. The number of nitrogens with one attached hydrogen (secondary N) is 1. The number of amides is 3. The second-order valence-corrected chi connectivity index (χ2v) is 15.7. The van der Waals surface area contributed by atoms with Crippen LogP contribution in [-0.2, 0) is 29.7 Å². The van der Waals surface area contributed by atoms with Crippen molar-refractivity contribution in [3.63, 3.8) is 0 Å². The zero-order chi connectivity index (χ0) is 39.8. The van der Waals surface area contributed by atoms with Gasteiger partial charge in [0.05, 0.1) is 32.3 Å². The summed E-state index contributed by atoms with van der Waals surface area (Å²) in [6.07, 6.45) is 7.47. The third-order valence-corrected chi connectivity index (χ3v) is 12.4. The number of nitrogens with zero attached hydrogens (tertiary/aromatic N) is 6. The second-order valence-electron chi connectivity index (χ2n) is 15.7. The first-order valence-corrected chi connectivity index (χ1v) is 19.9. The average molecular weight is 778 g/mol. The Kier molecular flexibility index (Phi) is 10.9. The van der Waals surface area contributed by atoms with E-state index < -0.39 is 6.04 Å². The topological polar surface area (TPSA) is 139 Å². The van der Waals surface area contributed by atoms with E-state index in [9.17, 15) is 19.2 Å². The van der Waals surface area contributed by atoms with Crippen molar-refractivity contribution in [2.75, 3.05) is 72.0 Å². The van der Waals surface area contributed by atoms with E-state index in [0.29, 0.717) is 42.3 Å². The summed E-state index contributed by atoms with van der Waals surface area (Å²) < 4.78 is 18.9. The molecule has 3 saturated heterocycles. The molecule has 4 aromatic rings. The van der Waals surface area contributed by atoms with Gasteiger partial charge in [0, 0.05) is 106 Å². The fourth-order valence-corrected chi connectivity index (χ4v) is 8.98. The molecular formula is C43H51N7O7. The molecule has 1 unspecified atom stereocenters. The van der Waals surface area contributed by atoms with Crippen LogP contribution < -0.4 is 30.0 Å². The standard InChI is InChI=1S/C43H51N7O7/c1-46-25-34(32-22-40(57-4)44-23-33(32)42(46)53)28-20-37(55-2)35(38(21-28)56-3)26-48-17-15-47(16-18-48)12-9-27-10-13-49(14-11-27)30-5-6-31-29(19-30)24-50(43(31)54)36-7-8-39(51)45-41(36)52/h5-6,19-23,25,27,36H,7-18,24,26H2,1-4H3,(H,45,51,52). The van der Waals surface area contributed by atoms with Gasteiger partial charge < -0.3 is 33.5 Å². The number of piperidine rings is 2. The molecule has 0 saturated carbocycles. The fourth-order valence-electron chi connectivity index (χ4n) is 8.98. The lowest BCUT2D eigenvalue weighted by molar-refractivity contribution is -0.136. The van der Waals surface area contributed by atoms with Gasteiger partial charge in [-0.05, 0) is 79.6 Å². The van der Waals surface area contributed by atoms with Gasteiger partial charge in [0.15, 0.2) is 0 Å². The number of ether oxygens (including phenoxy) is 3. The number of piperazine rings is 1. The summed E-state index contributed by atoms with van der Waals surface area (Å²) in [5.74, 6) is 1.80. The lowest BCUT2D eigenvalue weighted by Gasteiger charge is -2.37. The number of hydrogen-bond donors (Lipinski definition) is 1. The minimum absolute atomic E-state index is 0.126. The molecule has 0 spiro atoms. The Morgan fingerprint density at radius 2 is 1.53 bits per heavy atom. The van der Waals surface area contributed by atoms with E-state index in [1.54, 1.807) is 50.1 Å². The van der Waals surface area contributed by atoms with Crippen LogP contribution in [0.25, 0.3) is 21.9 Å². The smallest absolute Gasteiger partial charge is 0.259 e. The van der Waals surface area contributed by atoms with Crippen LogP contribution in [0.5, 0.6) is 17.4 Å². The molecule has 0 radical (unpaired) electrons. The number of imide groups is 1. The van der Waals surface area contributed by atoms with Crippen LogP contribution in [0.15, 0.2) is 53.6 Å². The van der Waals surface area contributed by atoms with Gasteiger partial charge in [-0.2, -0.15) is 0 Å². The van der Waals surface area contributed by atoms with Crippen molar-refractivity contribution in [3.8, 4) is 28.5 Å². The van der Waals surface area contributed by atoms with Crippen molar-refractivity contribution in [2.45, 2.75) is 51.2 Å². The van der Waals surface area contributed by atoms with Gasteiger partial charge in [0.2, 0.25) is 17.7 Å². The highest BCUT2D eigenvalue weighted by Crippen LogP contribution is 2.39. The third kappa shape index (κ3) is 7.67. The molecule has 3 fully saturated rings. The number of pyridine rings is 2. The van der Waals surface area contributed by atoms with Crippen LogP contribution in [0.3, 0.4) is 0 Å². The zero-order valence-corrected chi connectivity index (χ0v) is 33.2. The first-order chi connectivity index (χ1) is 27.6. The molecule has 300 valence electrons. The summed E-state index contributed by atoms with van der Waals surface area (Å²) in [4.78, 5) is 63.5. The van der Waals surface area contributed by atoms with E-state index >= 15 is 0 Å². The number of rotatable bonds is 11. The molecule has 4 aliphatic rings. The Labute approximate surface area is 332 Å². The van der Waals surface area contributed by atoms with Gasteiger partial charge in [0.25, 0.3) is 11.5 Å². The monoisotopic (exact) mass is 777 g/mol.